The highest BCUT2D eigenvalue weighted by Crippen LogP contribution is 2.10. The highest BCUT2D eigenvalue weighted by atomic mass is 32.2. The van der Waals surface area contributed by atoms with E-state index < -0.39 is 9.84 Å². The normalized spacial score (nSPS) is 20.1. The van der Waals surface area contributed by atoms with Crippen LogP contribution in [0.25, 0.3) is 0 Å². The van der Waals surface area contributed by atoms with Crippen LogP contribution in [0, 0.1) is 0 Å². The van der Waals surface area contributed by atoms with E-state index in [1.54, 1.807) is 0 Å². The summed E-state index contributed by atoms with van der Waals surface area (Å²) in [7, 11) is -0.962. The van der Waals surface area contributed by atoms with Crippen molar-refractivity contribution in [1.29, 1.82) is 0 Å². The molecule has 0 aromatic carbocycles. The Labute approximate surface area is 102 Å². The van der Waals surface area contributed by atoms with Crippen LogP contribution in [0.4, 0.5) is 5.82 Å². The van der Waals surface area contributed by atoms with Gasteiger partial charge >= 0.3 is 0 Å². The summed E-state index contributed by atoms with van der Waals surface area (Å²) in [4.78, 5) is 6.55. The third-order valence-corrected chi connectivity index (χ3v) is 4.49. The molecule has 0 atom stereocenters. The Kier molecular flexibility index (Phi) is 3.63. The summed E-state index contributed by atoms with van der Waals surface area (Å²) < 4.78 is 22.6. The molecule has 1 aromatic heterocycles. The first-order valence-corrected chi connectivity index (χ1v) is 7.48. The monoisotopic (exact) mass is 255 g/mol. The van der Waals surface area contributed by atoms with Crippen molar-refractivity contribution in [3.05, 3.63) is 23.9 Å². The maximum absolute atomic E-state index is 11.3. The van der Waals surface area contributed by atoms with Gasteiger partial charge in [0.05, 0.1) is 17.2 Å². The Morgan fingerprint density at radius 3 is 2.71 bits per heavy atom. The highest BCUT2D eigenvalue weighted by Gasteiger charge is 2.21. The summed E-state index contributed by atoms with van der Waals surface area (Å²) in [6, 6.07) is 5.82. The van der Waals surface area contributed by atoms with Crippen LogP contribution in [0.2, 0.25) is 0 Å². The largest absolute Gasteiger partial charge is 0.373 e. The van der Waals surface area contributed by atoms with Crippen molar-refractivity contribution >= 4 is 15.7 Å². The lowest BCUT2D eigenvalue weighted by Crippen LogP contribution is -2.39. The average molecular weight is 255 g/mol. The van der Waals surface area contributed by atoms with Crippen molar-refractivity contribution < 1.29 is 8.42 Å². The van der Waals surface area contributed by atoms with Crippen LogP contribution in [0.1, 0.15) is 5.69 Å². The lowest BCUT2D eigenvalue weighted by Gasteiger charge is -2.26. The maximum atomic E-state index is 11.3. The first kappa shape index (κ1) is 12.3. The van der Waals surface area contributed by atoms with Crippen molar-refractivity contribution in [2.75, 3.05) is 37.0 Å². The minimum atomic E-state index is -2.80. The lowest BCUT2D eigenvalue weighted by atomic mass is 10.3. The predicted octanol–water partition coefficient (Wildman–Crippen LogP) is 0.354. The molecule has 0 spiro atoms. The van der Waals surface area contributed by atoms with E-state index in [1.807, 2.05) is 25.2 Å². The van der Waals surface area contributed by atoms with E-state index in [1.165, 1.54) is 0 Å². The number of anilines is 1. The number of hydrogen-bond donors (Lipinski definition) is 1. The van der Waals surface area contributed by atoms with E-state index in [-0.39, 0.29) is 11.5 Å². The van der Waals surface area contributed by atoms with Gasteiger partial charge in [0.2, 0.25) is 0 Å². The zero-order valence-corrected chi connectivity index (χ0v) is 10.7. The van der Waals surface area contributed by atoms with Gasteiger partial charge in [-0.25, -0.2) is 13.4 Å². The molecule has 0 bridgehead atoms. The van der Waals surface area contributed by atoms with Crippen molar-refractivity contribution in [3.8, 4) is 0 Å². The van der Waals surface area contributed by atoms with E-state index >= 15 is 0 Å². The summed E-state index contributed by atoms with van der Waals surface area (Å²) in [5.74, 6) is 1.37. The number of aromatic nitrogens is 1. The molecule has 17 heavy (non-hydrogen) atoms. The molecule has 1 aliphatic rings. The van der Waals surface area contributed by atoms with Gasteiger partial charge in [-0.15, -0.1) is 0 Å². The van der Waals surface area contributed by atoms with Crippen molar-refractivity contribution in [2.24, 2.45) is 0 Å². The van der Waals surface area contributed by atoms with Gasteiger partial charge in [0.25, 0.3) is 0 Å². The lowest BCUT2D eigenvalue weighted by molar-refractivity contribution is 0.284. The summed E-state index contributed by atoms with van der Waals surface area (Å²) in [6.45, 7) is 1.92. The molecule has 1 saturated heterocycles. The summed E-state index contributed by atoms with van der Waals surface area (Å²) >= 11 is 0. The van der Waals surface area contributed by atoms with Crippen LogP contribution < -0.4 is 5.32 Å². The molecule has 0 unspecified atom stereocenters. The second-order valence-electron chi connectivity index (χ2n) is 4.19. The number of hydrogen-bond acceptors (Lipinski definition) is 5. The highest BCUT2D eigenvalue weighted by molar-refractivity contribution is 7.91. The molecule has 1 N–H and O–H groups in total. The van der Waals surface area contributed by atoms with Crippen molar-refractivity contribution in [2.45, 2.75) is 6.54 Å². The zero-order chi connectivity index (χ0) is 12.3. The fraction of sp³-hybridized carbons (Fsp3) is 0.545. The number of nitrogens with zero attached hydrogens (tertiary/aromatic N) is 2. The SMILES string of the molecule is CNc1cccc(CN2CCS(=O)(=O)CC2)n1. The van der Waals surface area contributed by atoms with Gasteiger partial charge in [-0.3, -0.25) is 4.90 Å². The molecule has 1 aliphatic heterocycles. The van der Waals surface area contributed by atoms with E-state index in [9.17, 15) is 8.42 Å². The summed E-state index contributed by atoms with van der Waals surface area (Å²) in [5.41, 5.74) is 0.969. The Balaban J connectivity index is 1.97. The van der Waals surface area contributed by atoms with E-state index in [0.29, 0.717) is 19.6 Å². The summed E-state index contributed by atoms with van der Waals surface area (Å²) in [6.07, 6.45) is 0. The topological polar surface area (TPSA) is 62.3 Å². The Morgan fingerprint density at radius 2 is 2.06 bits per heavy atom. The smallest absolute Gasteiger partial charge is 0.152 e. The zero-order valence-electron chi connectivity index (χ0n) is 9.89. The molecule has 5 nitrogen and oxygen atoms in total. The van der Waals surface area contributed by atoms with Gasteiger partial charge in [-0.1, -0.05) is 6.07 Å². The molecule has 6 heteroatoms. The van der Waals surface area contributed by atoms with Crippen LogP contribution in [0.5, 0.6) is 0 Å². The fourth-order valence-corrected chi connectivity index (χ4v) is 3.12. The minimum Gasteiger partial charge on any atom is -0.373 e. The van der Waals surface area contributed by atoms with Gasteiger partial charge in [0.1, 0.15) is 5.82 Å². The van der Waals surface area contributed by atoms with E-state index in [2.05, 4.69) is 15.2 Å². The minimum absolute atomic E-state index is 0.263. The van der Waals surface area contributed by atoms with Crippen LogP contribution in [0.15, 0.2) is 18.2 Å². The second-order valence-corrected chi connectivity index (χ2v) is 6.50. The molecule has 0 amide bonds. The van der Waals surface area contributed by atoms with E-state index in [4.69, 9.17) is 0 Å². The number of rotatable bonds is 3. The van der Waals surface area contributed by atoms with Crippen LogP contribution in [-0.2, 0) is 16.4 Å². The van der Waals surface area contributed by atoms with Crippen LogP contribution >= 0.6 is 0 Å². The van der Waals surface area contributed by atoms with Gasteiger partial charge in [-0.2, -0.15) is 0 Å². The molecular weight excluding hydrogens is 238 g/mol. The molecule has 0 aliphatic carbocycles. The molecular formula is C11H17N3O2S. The summed E-state index contributed by atoms with van der Waals surface area (Å²) in [5, 5.41) is 2.99. The molecule has 2 rings (SSSR count). The Hall–Kier alpha value is -1.14. The number of nitrogens with one attached hydrogen (secondary N) is 1. The third-order valence-electron chi connectivity index (χ3n) is 2.89. The van der Waals surface area contributed by atoms with Gasteiger partial charge in [0.15, 0.2) is 9.84 Å². The Bertz CT molecular complexity index is 473. The molecule has 1 aromatic rings. The predicted molar refractivity (Wildman–Crippen MR) is 67.7 cm³/mol. The molecule has 1 fully saturated rings. The Morgan fingerprint density at radius 1 is 1.35 bits per heavy atom. The fourth-order valence-electron chi connectivity index (χ4n) is 1.84. The first-order chi connectivity index (χ1) is 8.09. The number of pyridine rings is 1. The second kappa shape index (κ2) is 5.01. The third kappa shape index (κ3) is 3.41. The van der Waals surface area contributed by atoms with Gasteiger partial charge in [-0.05, 0) is 12.1 Å². The molecule has 0 radical (unpaired) electrons. The van der Waals surface area contributed by atoms with Crippen molar-refractivity contribution in [3.63, 3.8) is 0 Å². The number of sulfone groups is 1. The van der Waals surface area contributed by atoms with Gasteiger partial charge < -0.3 is 5.32 Å². The standard InChI is InChI=1S/C11H17N3O2S/c1-12-11-4-2-3-10(13-11)9-14-5-7-17(15,16)8-6-14/h2-4H,5-9H2,1H3,(H,12,13). The van der Waals surface area contributed by atoms with Crippen molar-refractivity contribution in [1.82, 2.24) is 9.88 Å². The van der Waals surface area contributed by atoms with Crippen LogP contribution in [0.3, 0.4) is 0 Å². The quantitative estimate of drug-likeness (QED) is 0.844. The average Bonchev–Trinajstić information content (AvgIpc) is 2.32. The molecule has 0 saturated carbocycles. The van der Waals surface area contributed by atoms with Crippen LogP contribution in [-0.4, -0.2) is 49.9 Å². The first-order valence-electron chi connectivity index (χ1n) is 5.65. The van der Waals surface area contributed by atoms with E-state index in [0.717, 1.165) is 11.5 Å². The maximum Gasteiger partial charge on any atom is 0.152 e. The molecule has 2 heterocycles. The van der Waals surface area contributed by atoms with Gasteiger partial charge in [0, 0.05) is 26.7 Å². The molecule has 94 valence electrons.